The van der Waals surface area contributed by atoms with Crippen LogP contribution in [0.25, 0.3) is 0 Å². The molecular weight excluding hydrogens is 224 g/mol. The first-order valence-corrected chi connectivity index (χ1v) is 3.59. The van der Waals surface area contributed by atoms with Crippen molar-refractivity contribution in [2.75, 3.05) is 0 Å². The van der Waals surface area contributed by atoms with Gasteiger partial charge in [-0.2, -0.15) is 0 Å². The van der Waals surface area contributed by atoms with Crippen molar-refractivity contribution in [3.63, 3.8) is 0 Å². The van der Waals surface area contributed by atoms with E-state index in [0.717, 1.165) is 0 Å². The Hall–Kier alpha value is 0.590. The molecule has 0 unspecified atom stereocenters. The third kappa shape index (κ3) is 3.68. The average molecular weight is 226 g/mol. The zero-order chi connectivity index (χ0) is 8.20. The predicted octanol–water partition coefficient (Wildman–Crippen LogP) is 1.51. The van der Waals surface area contributed by atoms with E-state index in [0.29, 0.717) is 0 Å². The van der Waals surface area contributed by atoms with Crippen molar-refractivity contribution >= 4 is 52.8 Å². The number of hydrogen-bond donors (Lipinski definition) is 1. The highest BCUT2D eigenvalue weighted by molar-refractivity contribution is 6.58. The Balaban J connectivity index is 3.74. The number of alkyl halides is 4. The van der Waals surface area contributed by atoms with Crippen LogP contribution in [-0.4, -0.2) is 15.8 Å². The molecule has 1 radical (unpaired) electrons. The van der Waals surface area contributed by atoms with Gasteiger partial charge in [0.2, 0.25) is 0 Å². The van der Waals surface area contributed by atoms with Gasteiger partial charge in [0.15, 0.2) is 4.84 Å². The summed E-state index contributed by atoms with van der Waals surface area (Å²) >= 11 is 21.0. The molecule has 0 fully saturated rings. The molecule has 1 amide bonds. The molecular formula is C3H2Cl4NO2. The van der Waals surface area contributed by atoms with E-state index in [4.69, 9.17) is 46.4 Å². The molecule has 0 aliphatic heterocycles. The highest BCUT2D eigenvalue weighted by Crippen LogP contribution is 2.31. The van der Waals surface area contributed by atoms with Gasteiger partial charge in [0.25, 0.3) is 4.52 Å². The van der Waals surface area contributed by atoms with Gasteiger partial charge in [-0.25, -0.2) is 10.3 Å². The predicted molar refractivity (Wildman–Crippen MR) is 39.8 cm³/mol. The van der Waals surface area contributed by atoms with E-state index in [1.165, 1.54) is 6.41 Å². The van der Waals surface area contributed by atoms with Crippen LogP contribution in [0.1, 0.15) is 0 Å². The van der Waals surface area contributed by atoms with E-state index >= 15 is 0 Å². The number of nitrogens with one attached hydrogen (secondary N) is 1. The lowest BCUT2D eigenvalue weighted by molar-refractivity contribution is 0.0386. The number of carbonyl (C=O) groups excluding carboxylic acids is 1. The summed E-state index contributed by atoms with van der Waals surface area (Å²) in [4.78, 5) is 12.6. The van der Waals surface area contributed by atoms with Crippen LogP contribution < -0.4 is 5.48 Å². The lowest BCUT2D eigenvalue weighted by atomic mass is 10.8. The quantitative estimate of drug-likeness (QED) is 0.448. The lowest BCUT2D eigenvalue weighted by Gasteiger charge is -2.18. The smallest absolute Gasteiger partial charge is 0.261 e. The van der Waals surface area contributed by atoms with Gasteiger partial charge in [-0.3, -0.25) is 4.79 Å². The molecule has 0 rings (SSSR count). The van der Waals surface area contributed by atoms with Crippen molar-refractivity contribution in [3.8, 4) is 0 Å². The Bertz CT molecular complexity index is 117. The van der Waals surface area contributed by atoms with Crippen LogP contribution in [0.3, 0.4) is 0 Å². The van der Waals surface area contributed by atoms with Gasteiger partial charge in [-0.1, -0.05) is 46.4 Å². The Morgan fingerprint density at radius 2 is 2.00 bits per heavy atom. The van der Waals surface area contributed by atoms with E-state index in [1.54, 1.807) is 5.48 Å². The van der Waals surface area contributed by atoms with Crippen LogP contribution in [0.2, 0.25) is 0 Å². The summed E-state index contributed by atoms with van der Waals surface area (Å²) in [5.41, 5.74) is 1.63. The summed E-state index contributed by atoms with van der Waals surface area (Å²) in [5.74, 6) is 0. The molecule has 0 aromatic heterocycles. The van der Waals surface area contributed by atoms with E-state index in [9.17, 15) is 4.79 Å². The van der Waals surface area contributed by atoms with Crippen molar-refractivity contribution in [1.29, 1.82) is 0 Å². The average Bonchev–Trinajstić information content (AvgIpc) is 1.84. The lowest BCUT2D eigenvalue weighted by Crippen LogP contribution is -2.32. The maximum atomic E-state index is 9.51. The third-order valence-corrected chi connectivity index (χ3v) is 2.13. The molecule has 3 nitrogen and oxygen atoms in total. The second kappa shape index (κ2) is 4.46. The molecule has 0 bridgehead atoms. The molecule has 0 atom stereocenters. The van der Waals surface area contributed by atoms with Gasteiger partial charge in [0, 0.05) is 0 Å². The van der Waals surface area contributed by atoms with Gasteiger partial charge < -0.3 is 0 Å². The molecule has 0 aromatic rings. The summed E-state index contributed by atoms with van der Waals surface area (Å²) in [6.45, 7) is 0. The minimum Gasteiger partial charge on any atom is -0.261 e. The van der Waals surface area contributed by atoms with Crippen LogP contribution in [0.5, 0.6) is 0 Å². The van der Waals surface area contributed by atoms with Crippen molar-refractivity contribution in [3.05, 3.63) is 0 Å². The number of amides is 1. The summed E-state index contributed by atoms with van der Waals surface area (Å²) in [6.07, 6.45) is 1.17. The second-order valence-electron chi connectivity index (χ2n) is 1.17. The molecule has 0 saturated carbocycles. The van der Waals surface area contributed by atoms with Gasteiger partial charge in [0.05, 0.1) is 0 Å². The summed E-state index contributed by atoms with van der Waals surface area (Å²) in [5, 5.41) is 0. The Kier molecular flexibility index (Phi) is 4.73. The van der Waals surface area contributed by atoms with Gasteiger partial charge in [-0.15, -0.1) is 0 Å². The molecule has 59 valence electrons. The number of halogens is 4. The molecule has 0 heterocycles. The van der Waals surface area contributed by atoms with Crippen molar-refractivity contribution in [1.82, 2.24) is 5.48 Å². The fourth-order valence-electron chi connectivity index (χ4n) is 0.133. The second-order valence-corrected chi connectivity index (χ2v) is 3.58. The van der Waals surface area contributed by atoms with Gasteiger partial charge in [-0.05, 0) is 0 Å². The van der Waals surface area contributed by atoms with Gasteiger partial charge in [0.1, 0.15) is 0 Å². The highest BCUT2D eigenvalue weighted by Gasteiger charge is 2.34. The molecule has 7 heteroatoms. The van der Waals surface area contributed by atoms with Crippen molar-refractivity contribution < 1.29 is 9.63 Å². The molecule has 10 heavy (non-hydrogen) atoms. The van der Waals surface area contributed by atoms with Crippen molar-refractivity contribution in [2.24, 2.45) is 0 Å². The number of rotatable bonds is 4. The first-order chi connectivity index (χ1) is 4.50. The molecule has 0 saturated heterocycles. The molecule has 0 aliphatic rings. The van der Waals surface area contributed by atoms with Crippen LogP contribution in [0, 0.1) is 0 Å². The van der Waals surface area contributed by atoms with E-state index in [1.807, 2.05) is 0 Å². The minimum absolute atomic E-state index is 1.17. The number of hydrogen-bond acceptors (Lipinski definition) is 2. The molecule has 1 N–H and O–H groups in total. The molecule has 0 aromatic carbocycles. The Morgan fingerprint density at radius 1 is 1.50 bits per heavy atom. The highest BCUT2D eigenvalue weighted by atomic mass is 35.5. The fraction of sp³-hybridized carbons (Fsp3) is 0.667. The topological polar surface area (TPSA) is 38.3 Å². The van der Waals surface area contributed by atoms with Crippen LogP contribution in [-0.2, 0) is 9.63 Å². The van der Waals surface area contributed by atoms with Gasteiger partial charge >= 0.3 is 6.41 Å². The maximum Gasteiger partial charge on any atom is 0.335 e. The first kappa shape index (κ1) is 10.6. The van der Waals surface area contributed by atoms with Crippen LogP contribution in [0.15, 0.2) is 0 Å². The standard InChI is InChI=1S/C3H2Cl4NO2/c4-2(5)3(6,7)10-8-1-9/h2H,(H,8,9). The Labute approximate surface area is 77.5 Å². The molecule has 0 spiro atoms. The summed E-state index contributed by atoms with van der Waals surface area (Å²) < 4.78 is -1.85. The summed E-state index contributed by atoms with van der Waals surface area (Å²) in [6, 6.07) is 0. The fourth-order valence-corrected chi connectivity index (χ4v) is 0.300. The largest absolute Gasteiger partial charge is 0.335 e. The molecule has 0 aliphatic carbocycles. The zero-order valence-electron chi connectivity index (χ0n) is 4.41. The SMILES string of the molecule is O=[C]NOC(Cl)(Cl)C(Cl)Cl. The zero-order valence-corrected chi connectivity index (χ0v) is 7.43. The monoisotopic (exact) mass is 224 g/mol. The minimum atomic E-state index is -1.85. The van der Waals surface area contributed by atoms with E-state index in [-0.39, 0.29) is 0 Å². The van der Waals surface area contributed by atoms with Crippen molar-refractivity contribution in [2.45, 2.75) is 9.36 Å². The van der Waals surface area contributed by atoms with Crippen LogP contribution >= 0.6 is 46.4 Å². The maximum absolute atomic E-state index is 9.51. The van der Waals surface area contributed by atoms with Crippen LogP contribution in [0.4, 0.5) is 0 Å². The Morgan fingerprint density at radius 3 is 2.30 bits per heavy atom. The third-order valence-electron chi connectivity index (χ3n) is 0.483. The van der Waals surface area contributed by atoms with E-state index < -0.39 is 9.36 Å². The normalized spacial score (nSPS) is 11.7. The first-order valence-electron chi connectivity index (χ1n) is 1.97. The number of hydroxylamine groups is 1. The van der Waals surface area contributed by atoms with E-state index in [2.05, 4.69) is 4.84 Å². The summed E-state index contributed by atoms with van der Waals surface area (Å²) in [7, 11) is 0.